The van der Waals surface area contributed by atoms with Gasteiger partial charge in [0.15, 0.2) is 0 Å². The standard InChI is InChI=1S/C30H36N4O6S/c1-4-6-19-31-30(36)28(5-2)32(21-24-14-11-10-13-23(24)3)29(35)22-33(25-15-12-16-26(20-25)34(37)38)41(39,40)27-17-8-7-9-18-27/h7-18,20,28H,4-6,19,21-22H2,1-3H3,(H,31,36)/t28-/m1/s1. The average Bonchev–Trinajstić information content (AvgIpc) is 2.97. The van der Waals surface area contributed by atoms with Gasteiger partial charge in [0.05, 0.1) is 15.5 Å². The first kappa shape index (κ1) is 31.3. The highest BCUT2D eigenvalue weighted by molar-refractivity contribution is 7.92. The first-order valence-electron chi connectivity index (χ1n) is 13.5. The minimum absolute atomic E-state index is 0.0345. The first-order valence-corrected chi connectivity index (χ1v) is 15.0. The number of hydrogen-bond donors (Lipinski definition) is 1. The molecule has 3 rings (SSSR count). The Bertz CT molecular complexity index is 1460. The van der Waals surface area contributed by atoms with Gasteiger partial charge >= 0.3 is 0 Å². The third kappa shape index (κ3) is 7.91. The molecule has 0 bridgehead atoms. The number of anilines is 1. The molecule has 218 valence electrons. The van der Waals surface area contributed by atoms with Gasteiger partial charge in [0, 0.05) is 25.2 Å². The lowest BCUT2D eigenvalue weighted by molar-refractivity contribution is -0.384. The topological polar surface area (TPSA) is 130 Å². The van der Waals surface area contributed by atoms with Crippen LogP contribution in [-0.4, -0.2) is 49.2 Å². The summed E-state index contributed by atoms with van der Waals surface area (Å²) in [6, 6.07) is 19.3. The monoisotopic (exact) mass is 580 g/mol. The van der Waals surface area contributed by atoms with Gasteiger partial charge in [-0.3, -0.25) is 24.0 Å². The van der Waals surface area contributed by atoms with E-state index in [1.807, 2.05) is 38.1 Å². The molecule has 10 nitrogen and oxygen atoms in total. The summed E-state index contributed by atoms with van der Waals surface area (Å²) in [6.45, 7) is 5.58. The van der Waals surface area contributed by atoms with Crippen LogP contribution in [0.1, 0.15) is 44.2 Å². The van der Waals surface area contributed by atoms with Crippen molar-refractivity contribution in [2.24, 2.45) is 0 Å². The fourth-order valence-electron chi connectivity index (χ4n) is 4.41. The summed E-state index contributed by atoms with van der Waals surface area (Å²) in [5.41, 5.74) is 1.38. The Morgan fingerprint density at radius 3 is 2.29 bits per heavy atom. The van der Waals surface area contributed by atoms with Crippen LogP contribution in [0.2, 0.25) is 0 Å². The van der Waals surface area contributed by atoms with E-state index in [1.165, 1.54) is 35.2 Å². The van der Waals surface area contributed by atoms with E-state index in [0.29, 0.717) is 13.0 Å². The maximum Gasteiger partial charge on any atom is 0.271 e. The molecular formula is C30H36N4O6S. The Balaban J connectivity index is 2.08. The largest absolute Gasteiger partial charge is 0.354 e. The number of rotatable bonds is 14. The quantitative estimate of drug-likeness (QED) is 0.165. The van der Waals surface area contributed by atoms with E-state index in [9.17, 15) is 28.1 Å². The lowest BCUT2D eigenvalue weighted by Crippen LogP contribution is -2.52. The molecule has 3 aromatic rings. The molecule has 2 amide bonds. The summed E-state index contributed by atoms with van der Waals surface area (Å²) in [5.74, 6) is -0.938. The number of nitrogens with one attached hydrogen (secondary N) is 1. The average molecular weight is 581 g/mol. The van der Waals surface area contributed by atoms with Crippen LogP contribution in [0.25, 0.3) is 0 Å². The summed E-state index contributed by atoms with van der Waals surface area (Å²) in [6.07, 6.45) is 1.97. The molecule has 0 aliphatic carbocycles. The predicted octanol–water partition coefficient (Wildman–Crippen LogP) is 4.82. The molecule has 0 spiro atoms. The molecular weight excluding hydrogens is 544 g/mol. The van der Waals surface area contributed by atoms with Crippen molar-refractivity contribution in [3.8, 4) is 0 Å². The van der Waals surface area contributed by atoms with Crippen molar-refractivity contribution >= 4 is 33.2 Å². The molecule has 1 N–H and O–H groups in total. The van der Waals surface area contributed by atoms with E-state index < -0.39 is 33.4 Å². The number of non-ortho nitro benzene ring substituents is 1. The van der Waals surface area contributed by atoms with E-state index in [-0.39, 0.29) is 28.7 Å². The minimum atomic E-state index is -4.31. The third-order valence-corrected chi connectivity index (χ3v) is 8.54. The van der Waals surface area contributed by atoms with Gasteiger partial charge < -0.3 is 10.2 Å². The van der Waals surface area contributed by atoms with E-state index >= 15 is 0 Å². The second-order valence-corrected chi connectivity index (χ2v) is 11.5. The van der Waals surface area contributed by atoms with Gasteiger partial charge in [-0.15, -0.1) is 0 Å². The van der Waals surface area contributed by atoms with Crippen LogP contribution < -0.4 is 9.62 Å². The molecule has 0 aliphatic rings. The predicted molar refractivity (Wildman–Crippen MR) is 158 cm³/mol. The number of benzene rings is 3. The Morgan fingerprint density at radius 1 is 0.976 bits per heavy atom. The second kappa shape index (κ2) is 14.4. The number of unbranched alkanes of at least 4 members (excludes halogenated alkanes) is 1. The summed E-state index contributed by atoms with van der Waals surface area (Å²) in [5, 5.41) is 14.4. The zero-order chi connectivity index (χ0) is 30.0. The molecule has 0 saturated carbocycles. The lowest BCUT2D eigenvalue weighted by Gasteiger charge is -2.33. The smallest absolute Gasteiger partial charge is 0.271 e. The molecule has 0 fully saturated rings. The van der Waals surface area contributed by atoms with Gasteiger partial charge in [0.2, 0.25) is 11.8 Å². The summed E-state index contributed by atoms with van der Waals surface area (Å²) >= 11 is 0. The molecule has 41 heavy (non-hydrogen) atoms. The number of sulfonamides is 1. The van der Waals surface area contributed by atoms with Crippen LogP contribution in [-0.2, 0) is 26.2 Å². The van der Waals surface area contributed by atoms with E-state index in [0.717, 1.165) is 34.3 Å². The molecule has 0 unspecified atom stereocenters. The van der Waals surface area contributed by atoms with Crippen LogP contribution in [0.15, 0.2) is 83.8 Å². The highest BCUT2D eigenvalue weighted by Gasteiger charge is 2.34. The van der Waals surface area contributed by atoms with Gasteiger partial charge in [-0.1, -0.05) is 68.8 Å². The Kier molecular flexibility index (Phi) is 11.0. The fourth-order valence-corrected chi connectivity index (χ4v) is 5.83. The van der Waals surface area contributed by atoms with E-state index in [1.54, 1.807) is 25.1 Å². The van der Waals surface area contributed by atoms with Crippen LogP contribution >= 0.6 is 0 Å². The van der Waals surface area contributed by atoms with Gasteiger partial charge in [0.1, 0.15) is 12.6 Å². The molecule has 3 aromatic carbocycles. The molecule has 0 saturated heterocycles. The number of nitro benzene ring substituents is 1. The Hall–Kier alpha value is -4.25. The zero-order valence-corrected chi connectivity index (χ0v) is 24.3. The van der Waals surface area contributed by atoms with Gasteiger partial charge in [0.25, 0.3) is 15.7 Å². The minimum Gasteiger partial charge on any atom is -0.354 e. The number of carbonyl (C=O) groups excluding carboxylic acids is 2. The number of carbonyl (C=O) groups is 2. The highest BCUT2D eigenvalue weighted by Crippen LogP contribution is 2.28. The van der Waals surface area contributed by atoms with Gasteiger partial charge in [-0.2, -0.15) is 0 Å². The van der Waals surface area contributed by atoms with Crippen LogP contribution in [0.4, 0.5) is 11.4 Å². The molecule has 0 aliphatic heterocycles. The van der Waals surface area contributed by atoms with Crippen molar-refractivity contribution in [2.45, 2.75) is 57.5 Å². The third-order valence-electron chi connectivity index (χ3n) is 6.76. The maximum atomic E-state index is 14.1. The maximum absolute atomic E-state index is 14.1. The fraction of sp³-hybridized carbons (Fsp3) is 0.333. The molecule has 0 heterocycles. The van der Waals surface area contributed by atoms with Crippen molar-refractivity contribution in [1.29, 1.82) is 0 Å². The summed E-state index contributed by atoms with van der Waals surface area (Å²) < 4.78 is 28.5. The van der Waals surface area contributed by atoms with E-state index in [2.05, 4.69) is 5.32 Å². The SMILES string of the molecule is CCCCNC(=O)[C@@H](CC)N(Cc1ccccc1C)C(=O)CN(c1cccc([N+](=O)[O-])c1)S(=O)(=O)c1ccccc1. The Labute approximate surface area is 241 Å². The normalized spacial score (nSPS) is 11.9. The van der Waals surface area contributed by atoms with Gasteiger partial charge in [-0.05, 0) is 49.1 Å². The number of nitrogens with zero attached hydrogens (tertiary/aromatic N) is 3. The van der Waals surface area contributed by atoms with Crippen LogP contribution in [0.5, 0.6) is 0 Å². The van der Waals surface area contributed by atoms with Crippen LogP contribution in [0.3, 0.4) is 0 Å². The number of hydrogen-bond acceptors (Lipinski definition) is 6. The van der Waals surface area contributed by atoms with Crippen molar-refractivity contribution in [1.82, 2.24) is 10.2 Å². The Morgan fingerprint density at radius 2 is 1.66 bits per heavy atom. The van der Waals surface area contributed by atoms with Crippen molar-refractivity contribution in [3.63, 3.8) is 0 Å². The molecule has 0 aromatic heterocycles. The number of nitro groups is 1. The van der Waals surface area contributed by atoms with E-state index in [4.69, 9.17) is 0 Å². The first-order chi connectivity index (χ1) is 19.6. The summed E-state index contributed by atoms with van der Waals surface area (Å²) in [4.78, 5) is 39.5. The van der Waals surface area contributed by atoms with Crippen molar-refractivity contribution in [3.05, 3.63) is 100 Å². The van der Waals surface area contributed by atoms with Crippen LogP contribution in [0, 0.1) is 17.0 Å². The summed E-state index contributed by atoms with van der Waals surface area (Å²) in [7, 11) is -4.31. The molecule has 1 atom stereocenters. The van der Waals surface area contributed by atoms with Gasteiger partial charge in [-0.25, -0.2) is 8.42 Å². The van der Waals surface area contributed by atoms with Crippen molar-refractivity contribution in [2.75, 3.05) is 17.4 Å². The van der Waals surface area contributed by atoms with Crippen molar-refractivity contribution < 1.29 is 22.9 Å². The molecule has 11 heteroatoms. The number of amides is 2. The number of aryl methyl sites for hydroxylation is 1. The lowest BCUT2D eigenvalue weighted by atomic mass is 10.1. The highest BCUT2D eigenvalue weighted by atomic mass is 32.2. The second-order valence-electron chi connectivity index (χ2n) is 9.62. The molecule has 0 radical (unpaired) electrons. The zero-order valence-electron chi connectivity index (χ0n) is 23.5.